The highest BCUT2D eigenvalue weighted by atomic mass is 32.1. The van der Waals surface area contributed by atoms with Crippen LogP contribution in [0.15, 0.2) is 206 Å². The van der Waals surface area contributed by atoms with Crippen molar-refractivity contribution in [3.63, 3.8) is 0 Å². The highest BCUT2D eigenvalue weighted by Gasteiger charge is 2.23. The molecule has 10 aromatic carbocycles. The molecule has 0 saturated carbocycles. The van der Waals surface area contributed by atoms with Crippen LogP contribution >= 0.6 is 34.0 Å². The summed E-state index contributed by atoms with van der Waals surface area (Å²) in [4.78, 5) is 16.6. The van der Waals surface area contributed by atoms with Crippen molar-refractivity contribution in [1.82, 2.24) is 19.5 Å². The average molecular weight is 919 g/mol. The van der Waals surface area contributed by atoms with E-state index in [-0.39, 0.29) is 0 Å². The highest BCUT2D eigenvalue weighted by Crippen LogP contribution is 2.46. The second-order valence-electron chi connectivity index (χ2n) is 17.4. The summed E-state index contributed by atoms with van der Waals surface area (Å²) in [7, 11) is 0. The van der Waals surface area contributed by atoms with Crippen LogP contribution < -0.4 is 0 Å². The molecule has 0 radical (unpaired) electrons. The van der Waals surface area contributed by atoms with Crippen molar-refractivity contribution in [2.24, 2.45) is 0 Å². The van der Waals surface area contributed by atoms with Gasteiger partial charge in [-0.15, -0.1) is 34.0 Å². The van der Waals surface area contributed by atoms with E-state index in [4.69, 9.17) is 15.0 Å². The zero-order chi connectivity index (χ0) is 44.5. The Balaban J connectivity index is 1.05. The Hall–Kier alpha value is -8.07. The van der Waals surface area contributed by atoms with E-state index in [0.29, 0.717) is 17.5 Å². The van der Waals surface area contributed by atoms with Gasteiger partial charge in [-0.05, 0) is 94.7 Å². The molecule has 0 saturated heterocycles. The van der Waals surface area contributed by atoms with Crippen LogP contribution in [-0.4, -0.2) is 19.5 Å². The Morgan fingerprint density at radius 1 is 0.294 bits per heavy atom. The first-order chi connectivity index (χ1) is 33.7. The lowest BCUT2D eigenvalue weighted by atomic mass is 9.94. The molecule has 0 atom stereocenters. The van der Waals surface area contributed by atoms with Crippen LogP contribution in [0.1, 0.15) is 0 Å². The predicted molar refractivity (Wildman–Crippen MR) is 292 cm³/mol. The summed E-state index contributed by atoms with van der Waals surface area (Å²) in [6.45, 7) is 0. The van der Waals surface area contributed by atoms with Gasteiger partial charge in [-0.1, -0.05) is 133 Å². The predicted octanol–water partition coefficient (Wildman–Crippen LogP) is 17.9. The molecule has 0 amide bonds. The molecule has 4 nitrogen and oxygen atoms in total. The standard InChI is InChI=1S/C61H34N4S3/c1-2-15-36-33-50-48(32-35(36)14-1)38-16-3-7-24-49(38)65(50)37-30-31-42(47(34-37)40-20-12-28-54-56(40)43-18-5-9-26-52(43)66-54)59-62-60(45-22-13-29-55-57(45)44-19-6-10-27-53(44)67-55)64-61(63-59)46-23-11-21-41-39-17-4-8-25-51(39)68-58(41)46/h1-34H. The number of hydrogen-bond acceptors (Lipinski definition) is 6. The number of nitrogens with zero attached hydrogens (tertiary/aromatic N) is 4. The zero-order valence-corrected chi connectivity index (χ0v) is 38.6. The van der Waals surface area contributed by atoms with Gasteiger partial charge < -0.3 is 4.57 Å². The van der Waals surface area contributed by atoms with Gasteiger partial charge in [-0.25, -0.2) is 15.0 Å². The third kappa shape index (κ3) is 5.67. The molecule has 5 aromatic heterocycles. The molecular formula is C61H34N4S3. The SMILES string of the molecule is c1ccc2cc3c(cc2c1)c1ccccc1n3-c1ccc(-c2nc(-c3cccc4c3sc3ccccc34)nc(-c3cccc4sc5ccccc5c34)n2)c(-c2cccc3sc4ccccc4c23)c1. The third-order valence-electron chi connectivity index (χ3n) is 13.7. The molecule has 7 heteroatoms. The molecule has 0 N–H and O–H groups in total. The first-order valence-corrected chi connectivity index (χ1v) is 25.2. The van der Waals surface area contributed by atoms with Crippen LogP contribution in [0.2, 0.25) is 0 Å². The molecule has 0 aliphatic rings. The lowest BCUT2D eigenvalue weighted by Crippen LogP contribution is -2.02. The van der Waals surface area contributed by atoms with E-state index >= 15 is 0 Å². The van der Waals surface area contributed by atoms with Gasteiger partial charge in [0, 0.05) is 93.7 Å². The fourth-order valence-corrected chi connectivity index (χ4v) is 14.1. The number of aromatic nitrogens is 4. The van der Waals surface area contributed by atoms with Gasteiger partial charge in [0.05, 0.1) is 11.0 Å². The van der Waals surface area contributed by atoms with E-state index in [1.165, 1.54) is 87.6 Å². The smallest absolute Gasteiger partial charge is 0.165 e. The molecule has 15 rings (SSSR count). The number of hydrogen-bond donors (Lipinski definition) is 0. The molecule has 5 heterocycles. The molecule has 0 spiro atoms. The molecule has 0 bridgehead atoms. The highest BCUT2D eigenvalue weighted by molar-refractivity contribution is 7.27. The Kier molecular flexibility index (Phi) is 8.24. The largest absolute Gasteiger partial charge is 0.309 e. The summed E-state index contributed by atoms with van der Waals surface area (Å²) in [6, 6.07) is 74.9. The molecule has 0 unspecified atom stereocenters. The fraction of sp³-hybridized carbons (Fsp3) is 0. The number of benzene rings is 10. The van der Waals surface area contributed by atoms with E-state index in [9.17, 15) is 0 Å². The van der Waals surface area contributed by atoms with Crippen LogP contribution in [-0.2, 0) is 0 Å². The average Bonchev–Trinajstić information content (AvgIpc) is 4.16. The van der Waals surface area contributed by atoms with Gasteiger partial charge in [0.25, 0.3) is 0 Å². The van der Waals surface area contributed by atoms with E-state index < -0.39 is 0 Å². The monoisotopic (exact) mass is 918 g/mol. The van der Waals surface area contributed by atoms with Crippen LogP contribution in [0.5, 0.6) is 0 Å². The molecule has 0 fully saturated rings. The third-order valence-corrected chi connectivity index (χ3v) is 17.2. The van der Waals surface area contributed by atoms with E-state index in [2.05, 4.69) is 211 Å². The Labute approximate surface area is 401 Å². The van der Waals surface area contributed by atoms with Crippen molar-refractivity contribution in [1.29, 1.82) is 0 Å². The van der Waals surface area contributed by atoms with Crippen molar-refractivity contribution < 1.29 is 0 Å². The minimum absolute atomic E-state index is 0.631. The van der Waals surface area contributed by atoms with Gasteiger partial charge >= 0.3 is 0 Å². The van der Waals surface area contributed by atoms with Crippen molar-refractivity contribution in [2.45, 2.75) is 0 Å². The summed E-state index contributed by atoms with van der Waals surface area (Å²) in [5.41, 5.74) is 8.54. The van der Waals surface area contributed by atoms with Gasteiger partial charge in [0.2, 0.25) is 0 Å². The summed E-state index contributed by atoms with van der Waals surface area (Å²) in [5, 5.41) is 12.2. The fourth-order valence-electron chi connectivity index (χ4n) is 10.6. The van der Waals surface area contributed by atoms with Crippen molar-refractivity contribution in [2.75, 3.05) is 0 Å². The molecule has 0 aliphatic heterocycles. The van der Waals surface area contributed by atoms with Gasteiger partial charge in [0.1, 0.15) is 0 Å². The molecule has 15 aromatic rings. The van der Waals surface area contributed by atoms with Crippen LogP contribution in [0, 0.1) is 0 Å². The Morgan fingerprint density at radius 2 is 0.809 bits per heavy atom. The number of para-hydroxylation sites is 1. The maximum absolute atomic E-state index is 5.58. The minimum atomic E-state index is 0.631. The summed E-state index contributed by atoms with van der Waals surface area (Å²) < 4.78 is 9.80. The minimum Gasteiger partial charge on any atom is -0.309 e. The molecule has 68 heavy (non-hydrogen) atoms. The van der Waals surface area contributed by atoms with Gasteiger partial charge in [0.15, 0.2) is 17.5 Å². The molecular weight excluding hydrogens is 885 g/mol. The van der Waals surface area contributed by atoms with E-state index in [0.717, 1.165) is 39.0 Å². The van der Waals surface area contributed by atoms with Crippen LogP contribution in [0.4, 0.5) is 0 Å². The van der Waals surface area contributed by atoms with Crippen molar-refractivity contribution >= 4 is 127 Å². The first-order valence-electron chi connectivity index (χ1n) is 22.7. The maximum Gasteiger partial charge on any atom is 0.165 e. The second-order valence-corrected chi connectivity index (χ2v) is 20.7. The number of thiophene rings is 3. The maximum atomic E-state index is 5.58. The summed E-state index contributed by atoms with van der Waals surface area (Å²) in [6.07, 6.45) is 0. The number of fused-ring (bicyclic) bond motifs is 13. The van der Waals surface area contributed by atoms with Crippen LogP contribution in [0.3, 0.4) is 0 Å². The normalized spacial score (nSPS) is 12.1. The quantitative estimate of drug-likeness (QED) is 0.173. The first kappa shape index (κ1) is 38.1. The van der Waals surface area contributed by atoms with E-state index in [1.54, 1.807) is 11.3 Å². The summed E-state index contributed by atoms with van der Waals surface area (Å²) >= 11 is 5.45. The lowest BCUT2D eigenvalue weighted by molar-refractivity contribution is 1.08. The van der Waals surface area contributed by atoms with E-state index in [1.807, 2.05) is 22.7 Å². The van der Waals surface area contributed by atoms with Crippen molar-refractivity contribution in [3.8, 4) is 51.0 Å². The second kappa shape index (κ2) is 14.7. The van der Waals surface area contributed by atoms with Gasteiger partial charge in [-0.2, -0.15) is 0 Å². The molecule has 316 valence electrons. The zero-order valence-electron chi connectivity index (χ0n) is 36.1. The molecule has 0 aliphatic carbocycles. The van der Waals surface area contributed by atoms with Gasteiger partial charge in [-0.3, -0.25) is 0 Å². The summed E-state index contributed by atoms with van der Waals surface area (Å²) in [5.74, 6) is 1.94. The number of rotatable bonds is 5. The Morgan fingerprint density at radius 3 is 1.54 bits per heavy atom. The van der Waals surface area contributed by atoms with Crippen LogP contribution in [0.25, 0.3) is 144 Å². The topological polar surface area (TPSA) is 43.6 Å². The lowest BCUT2D eigenvalue weighted by Gasteiger charge is -2.17. The Bertz CT molecular complexity index is 4590. The van der Waals surface area contributed by atoms with Crippen molar-refractivity contribution in [3.05, 3.63) is 206 Å².